The van der Waals surface area contributed by atoms with Gasteiger partial charge in [0.05, 0.1) is 12.9 Å². The molecule has 132 valence electrons. The molecule has 0 saturated carbocycles. The summed E-state index contributed by atoms with van der Waals surface area (Å²) in [6.45, 7) is 1.11. The average Bonchev–Trinajstić information content (AvgIpc) is 3.33. The number of aliphatic hydroxyl groups excluding tert-OH is 1. The maximum absolute atomic E-state index is 12.5. The van der Waals surface area contributed by atoms with Crippen LogP contribution in [0.2, 0.25) is 0 Å². The van der Waals surface area contributed by atoms with E-state index in [0.717, 1.165) is 17.5 Å². The van der Waals surface area contributed by atoms with Gasteiger partial charge in [0, 0.05) is 13.1 Å². The number of benzene rings is 1. The number of nitrogens with zero attached hydrogens (tertiary/aromatic N) is 1. The highest BCUT2D eigenvalue weighted by molar-refractivity contribution is 5.95. The minimum absolute atomic E-state index is 0.0260. The van der Waals surface area contributed by atoms with Crippen molar-refractivity contribution in [1.29, 1.82) is 0 Å². The van der Waals surface area contributed by atoms with Crippen LogP contribution in [0.15, 0.2) is 47.1 Å². The van der Waals surface area contributed by atoms with Gasteiger partial charge >= 0.3 is 0 Å². The lowest BCUT2D eigenvalue weighted by Gasteiger charge is -2.23. The number of aliphatic hydroxyl groups is 1. The first-order valence-corrected chi connectivity index (χ1v) is 8.50. The van der Waals surface area contributed by atoms with Gasteiger partial charge in [0.1, 0.15) is 6.04 Å². The predicted octanol–water partition coefficient (Wildman–Crippen LogP) is 1.74. The number of hydrogen-bond donors (Lipinski definition) is 2. The monoisotopic (exact) mass is 342 g/mol. The molecule has 25 heavy (non-hydrogen) atoms. The number of likely N-dealkylation sites (tertiary alicyclic amines) is 1. The van der Waals surface area contributed by atoms with Crippen LogP contribution < -0.4 is 5.32 Å². The zero-order chi connectivity index (χ0) is 17.6. The summed E-state index contributed by atoms with van der Waals surface area (Å²) >= 11 is 0. The largest absolute Gasteiger partial charge is 0.459 e. The van der Waals surface area contributed by atoms with Gasteiger partial charge in [0.25, 0.3) is 5.91 Å². The number of rotatable bonds is 6. The van der Waals surface area contributed by atoms with Crippen LogP contribution in [0.25, 0.3) is 0 Å². The average molecular weight is 342 g/mol. The standard InChI is InChI=1S/C19H22N2O4/c22-13-15-7-5-14(6-8-15)9-10-20-18(23)16-3-1-11-21(16)19(24)17-4-2-12-25-17/h2,4-8,12,16,22H,1,3,9-11,13H2,(H,20,23). The summed E-state index contributed by atoms with van der Waals surface area (Å²) in [4.78, 5) is 26.4. The SMILES string of the molecule is O=C(NCCc1ccc(CO)cc1)C1CCCN1C(=O)c1ccco1. The Morgan fingerprint density at radius 3 is 2.64 bits per heavy atom. The van der Waals surface area contributed by atoms with E-state index in [9.17, 15) is 9.59 Å². The third kappa shape index (κ3) is 4.09. The third-order valence-corrected chi connectivity index (χ3v) is 4.47. The van der Waals surface area contributed by atoms with Gasteiger partial charge in [0.2, 0.25) is 5.91 Å². The van der Waals surface area contributed by atoms with Gasteiger partial charge in [-0.15, -0.1) is 0 Å². The summed E-state index contributed by atoms with van der Waals surface area (Å²) < 4.78 is 5.15. The Bertz CT molecular complexity index is 710. The van der Waals surface area contributed by atoms with Crippen molar-refractivity contribution in [3.05, 3.63) is 59.5 Å². The summed E-state index contributed by atoms with van der Waals surface area (Å²) in [6, 6.07) is 10.5. The Morgan fingerprint density at radius 2 is 1.96 bits per heavy atom. The van der Waals surface area contributed by atoms with Crippen LogP contribution in [-0.2, 0) is 17.8 Å². The molecule has 2 heterocycles. The number of furan rings is 1. The van der Waals surface area contributed by atoms with Crippen LogP contribution in [0.5, 0.6) is 0 Å². The van der Waals surface area contributed by atoms with Crippen LogP contribution in [0.3, 0.4) is 0 Å². The molecule has 0 radical (unpaired) electrons. The fourth-order valence-electron chi connectivity index (χ4n) is 3.08. The van der Waals surface area contributed by atoms with E-state index in [-0.39, 0.29) is 24.2 Å². The number of amides is 2. The highest BCUT2D eigenvalue weighted by Crippen LogP contribution is 2.20. The maximum Gasteiger partial charge on any atom is 0.290 e. The highest BCUT2D eigenvalue weighted by atomic mass is 16.3. The predicted molar refractivity (Wildman–Crippen MR) is 91.8 cm³/mol. The minimum Gasteiger partial charge on any atom is -0.459 e. The number of carbonyl (C=O) groups excluding carboxylic acids is 2. The van der Waals surface area contributed by atoms with E-state index in [1.165, 1.54) is 6.26 Å². The van der Waals surface area contributed by atoms with E-state index in [2.05, 4.69) is 5.32 Å². The quantitative estimate of drug-likeness (QED) is 0.838. The number of nitrogens with one attached hydrogen (secondary N) is 1. The molecule has 1 saturated heterocycles. The second kappa shape index (κ2) is 7.98. The molecule has 1 aromatic carbocycles. The van der Waals surface area contributed by atoms with Crippen molar-refractivity contribution in [2.75, 3.05) is 13.1 Å². The van der Waals surface area contributed by atoms with Crippen molar-refractivity contribution in [3.63, 3.8) is 0 Å². The highest BCUT2D eigenvalue weighted by Gasteiger charge is 2.35. The summed E-state index contributed by atoms with van der Waals surface area (Å²) in [6.07, 6.45) is 3.65. The molecule has 0 aliphatic carbocycles. The fourth-order valence-corrected chi connectivity index (χ4v) is 3.08. The molecule has 2 aromatic rings. The van der Waals surface area contributed by atoms with Gasteiger partial charge in [-0.2, -0.15) is 0 Å². The molecular formula is C19H22N2O4. The lowest BCUT2D eigenvalue weighted by atomic mass is 10.1. The summed E-state index contributed by atoms with van der Waals surface area (Å²) in [5.41, 5.74) is 1.96. The zero-order valence-corrected chi connectivity index (χ0v) is 14.0. The molecule has 3 rings (SSSR count). The lowest BCUT2D eigenvalue weighted by Crippen LogP contribution is -2.46. The topological polar surface area (TPSA) is 82.8 Å². The molecule has 1 aliphatic heterocycles. The molecule has 1 aliphatic rings. The van der Waals surface area contributed by atoms with E-state index < -0.39 is 6.04 Å². The van der Waals surface area contributed by atoms with Crippen LogP contribution in [0.4, 0.5) is 0 Å². The normalized spacial score (nSPS) is 16.8. The Labute approximate surface area is 146 Å². The first-order chi connectivity index (χ1) is 12.2. The van der Waals surface area contributed by atoms with Crippen molar-refractivity contribution in [3.8, 4) is 0 Å². The van der Waals surface area contributed by atoms with Crippen molar-refractivity contribution in [2.24, 2.45) is 0 Å². The maximum atomic E-state index is 12.5. The molecule has 0 bridgehead atoms. The Kier molecular flexibility index (Phi) is 5.50. The Hall–Kier alpha value is -2.60. The first-order valence-electron chi connectivity index (χ1n) is 8.50. The molecule has 1 unspecified atom stereocenters. The molecule has 2 N–H and O–H groups in total. The first kappa shape index (κ1) is 17.2. The van der Waals surface area contributed by atoms with Crippen molar-refractivity contribution in [1.82, 2.24) is 10.2 Å². The van der Waals surface area contributed by atoms with Crippen molar-refractivity contribution in [2.45, 2.75) is 31.9 Å². The Morgan fingerprint density at radius 1 is 1.20 bits per heavy atom. The summed E-state index contributed by atoms with van der Waals surface area (Å²) in [5.74, 6) is -0.0877. The second-order valence-corrected chi connectivity index (χ2v) is 6.15. The van der Waals surface area contributed by atoms with Crippen molar-refractivity contribution < 1.29 is 19.1 Å². The number of carbonyl (C=O) groups is 2. The van der Waals surface area contributed by atoms with Gasteiger partial charge < -0.3 is 19.7 Å². The van der Waals surface area contributed by atoms with Gasteiger partial charge in [-0.3, -0.25) is 9.59 Å². The molecule has 0 spiro atoms. The molecule has 1 atom stereocenters. The van der Waals surface area contributed by atoms with Crippen LogP contribution in [0.1, 0.15) is 34.5 Å². The molecule has 2 amide bonds. The molecule has 1 fully saturated rings. The van der Waals surface area contributed by atoms with E-state index in [4.69, 9.17) is 9.52 Å². The van der Waals surface area contributed by atoms with Gasteiger partial charge in [-0.25, -0.2) is 0 Å². The lowest BCUT2D eigenvalue weighted by molar-refractivity contribution is -0.124. The van der Waals surface area contributed by atoms with E-state index >= 15 is 0 Å². The zero-order valence-electron chi connectivity index (χ0n) is 14.0. The van der Waals surface area contributed by atoms with Crippen LogP contribution in [-0.4, -0.2) is 41.0 Å². The number of hydrogen-bond acceptors (Lipinski definition) is 4. The molecule has 6 nitrogen and oxygen atoms in total. The van der Waals surface area contributed by atoms with Gasteiger partial charge in [0.15, 0.2) is 5.76 Å². The Balaban J connectivity index is 1.52. The van der Waals surface area contributed by atoms with Gasteiger partial charge in [-0.1, -0.05) is 24.3 Å². The van der Waals surface area contributed by atoms with Gasteiger partial charge in [-0.05, 0) is 42.5 Å². The third-order valence-electron chi connectivity index (χ3n) is 4.47. The fraction of sp³-hybridized carbons (Fsp3) is 0.368. The summed E-state index contributed by atoms with van der Waals surface area (Å²) in [7, 11) is 0. The van der Waals surface area contributed by atoms with E-state index in [1.54, 1.807) is 17.0 Å². The smallest absolute Gasteiger partial charge is 0.290 e. The molecule has 6 heteroatoms. The van der Waals surface area contributed by atoms with Crippen molar-refractivity contribution >= 4 is 11.8 Å². The minimum atomic E-state index is -0.436. The second-order valence-electron chi connectivity index (χ2n) is 6.15. The van der Waals surface area contributed by atoms with Crippen LogP contribution in [0, 0.1) is 0 Å². The van der Waals surface area contributed by atoms with Crippen LogP contribution >= 0.6 is 0 Å². The van der Waals surface area contributed by atoms with E-state index in [0.29, 0.717) is 25.9 Å². The van der Waals surface area contributed by atoms with E-state index in [1.807, 2.05) is 24.3 Å². The molecule has 1 aromatic heterocycles. The molecular weight excluding hydrogens is 320 g/mol. The summed E-state index contributed by atoms with van der Waals surface area (Å²) in [5, 5.41) is 12.0.